The number of rotatable bonds is 6. The van der Waals surface area contributed by atoms with Crippen LogP contribution in [-0.2, 0) is 11.8 Å². The van der Waals surface area contributed by atoms with Crippen molar-refractivity contribution in [1.29, 1.82) is 0 Å². The molecule has 7 heteroatoms. The van der Waals surface area contributed by atoms with E-state index < -0.39 is 0 Å². The number of thioether (sulfide) groups is 1. The maximum atomic E-state index is 12.6. The van der Waals surface area contributed by atoms with E-state index in [1.54, 1.807) is 4.57 Å². The Morgan fingerprint density at radius 1 is 1.31 bits per heavy atom. The molecule has 0 fully saturated rings. The van der Waals surface area contributed by atoms with Crippen LogP contribution in [0.1, 0.15) is 43.2 Å². The average Bonchev–Trinajstić information content (AvgIpc) is 2.64. The molecule has 0 bridgehead atoms. The second kappa shape index (κ2) is 7.95. The number of amides is 1. The number of unbranched alkanes of at least 4 members (excludes halogenated alkanes) is 1. The number of carbonyl (C=O) groups is 1. The van der Waals surface area contributed by atoms with Crippen LogP contribution < -0.4 is 15.6 Å². The number of hydrogen-bond acceptors (Lipinski definition) is 5. The summed E-state index contributed by atoms with van der Waals surface area (Å²) >= 11 is 1.38. The molecule has 2 aromatic rings. The third-order valence-electron chi connectivity index (χ3n) is 4.53. The summed E-state index contributed by atoms with van der Waals surface area (Å²) in [6.45, 7) is 2.81. The van der Waals surface area contributed by atoms with Crippen molar-refractivity contribution in [2.24, 2.45) is 7.05 Å². The topological polar surface area (TPSA) is 73.2 Å². The molecule has 0 saturated carbocycles. The van der Waals surface area contributed by atoms with Gasteiger partial charge in [-0.15, -0.1) is 0 Å². The maximum Gasteiger partial charge on any atom is 0.279 e. The van der Waals surface area contributed by atoms with E-state index in [9.17, 15) is 9.59 Å². The van der Waals surface area contributed by atoms with E-state index in [1.165, 1.54) is 11.8 Å². The fraction of sp³-hybridized carbons (Fsp3) is 0.421. The Morgan fingerprint density at radius 2 is 2.04 bits per heavy atom. The van der Waals surface area contributed by atoms with Gasteiger partial charge in [0, 0.05) is 19.4 Å². The van der Waals surface area contributed by atoms with Crippen LogP contribution in [0.3, 0.4) is 0 Å². The van der Waals surface area contributed by atoms with Crippen molar-refractivity contribution in [1.82, 2.24) is 9.55 Å². The van der Waals surface area contributed by atoms with Crippen molar-refractivity contribution in [3.63, 3.8) is 0 Å². The first-order valence-corrected chi connectivity index (χ1v) is 9.95. The number of ether oxygens (including phenoxy) is 1. The number of aromatic nitrogens is 2. The van der Waals surface area contributed by atoms with Gasteiger partial charge in [0.2, 0.25) is 5.91 Å². The predicted octanol–water partition coefficient (Wildman–Crippen LogP) is 3.16. The molecule has 3 rings (SSSR count). The number of hydrogen-bond donors (Lipinski definition) is 1. The van der Waals surface area contributed by atoms with E-state index in [-0.39, 0.29) is 23.8 Å². The van der Waals surface area contributed by atoms with Gasteiger partial charge in [-0.1, -0.05) is 37.2 Å². The van der Waals surface area contributed by atoms with Crippen molar-refractivity contribution >= 4 is 23.5 Å². The highest BCUT2D eigenvalue weighted by atomic mass is 32.2. The summed E-state index contributed by atoms with van der Waals surface area (Å²) in [6.07, 6.45) is 4.18. The van der Waals surface area contributed by atoms with Crippen molar-refractivity contribution in [3.05, 3.63) is 45.7 Å². The average molecular weight is 373 g/mol. The molecule has 1 amide bonds. The van der Waals surface area contributed by atoms with Gasteiger partial charge in [-0.2, -0.15) is 4.98 Å². The molecule has 138 valence electrons. The Labute approximate surface area is 157 Å². The highest BCUT2D eigenvalue weighted by Gasteiger charge is 2.31. The van der Waals surface area contributed by atoms with Gasteiger partial charge in [-0.3, -0.25) is 9.59 Å². The zero-order valence-corrected chi connectivity index (χ0v) is 16.1. The lowest BCUT2D eigenvalue weighted by atomic mass is 9.87. The summed E-state index contributed by atoms with van der Waals surface area (Å²) in [4.78, 5) is 29.0. The number of fused-ring (bicyclic) bond motifs is 1. The molecule has 1 aliphatic rings. The van der Waals surface area contributed by atoms with Crippen LogP contribution in [0.15, 0.2) is 34.2 Å². The molecule has 0 aliphatic carbocycles. The largest absolute Gasteiger partial charge is 0.494 e. The first-order chi connectivity index (χ1) is 12.5. The Balaban J connectivity index is 1.96. The Kier molecular flexibility index (Phi) is 5.66. The minimum absolute atomic E-state index is 0.0981. The van der Waals surface area contributed by atoms with E-state index in [0.717, 1.165) is 24.2 Å². The van der Waals surface area contributed by atoms with Gasteiger partial charge in [0.1, 0.15) is 11.6 Å². The van der Waals surface area contributed by atoms with Gasteiger partial charge in [0.25, 0.3) is 5.56 Å². The smallest absolute Gasteiger partial charge is 0.279 e. The molecule has 1 aliphatic heterocycles. The second-order valence-corrected chi connectivity index (χ2v) is 7.07. The van der Waals surface area contributed by atoms with E-state index in [2.05, 4.69) is 17.2 Å². The van der Waals surface area contributed by atoms with Gasteiger partial charge >= 0.3 is 0 Å². The Bertz CT molecular complexity index is 862. The monoisotopic (exact) mass is 373 g/mol. The molecule has 1 aromatic heterocycles. The fourth-order valence-corrected chi connectivity index (χ4v) is 3.67. The van der Waals surface area contributed by atoms with Crippen LogP contribution in [0.2, 0.25) is 0 Å². The Morgan fingerprint density at radius 3 is 2.69 bits per heavy atom. The van der Waals surface area contributed by atoms with E-state index in [4.69, 9.17) is 4.74 Å². The summed E-state index contributed by atoms with van der Waals surface area (Å²) in [5.41, 5.74) is 1.18. The van der Waals surface area contributed by atoms with Crippen molar-refractivity contribution in [2.45, 2.75) is 37.3 Å². The fourth-order valence-electron chi connectivity index (χ4n) is 3.13. The van der Waals surface area contributed by atoms with Crippen LogP contribution in [0, 0.1) is 0 Å². The summed E-state index contributed by atoms with van der Waals surface area (Å²) < 4.78 is 7.46. The lowest BCUT2D eigenvalue weighted by molar-refractivity contribution is -0.116. The standard InChI is InChI=1S/C19H23N3O3S/c1-4-5-10-25-13-8-6-12(7-9-13)14-11-15(23)20-17-16(14)18(24)21-19(26-3)22(17)2/h6-9,14H,4-5,10-11H2,1-3H3,(H,20,23)/t14-/m0/s1. The Hall–Kier alpha value is -2.28. The zero-order chi connectivity index (χ0) is 18.7. The first kappa shape index (κ1) is 18.5. The highest BCUT2D eigenvalue weighted by molar-refractivity contribution is 7.98. The molecule has 0 radical (unpaired) electrons. The third kappa shape index (κ3) is 3.62. The van der Waals surface area contributed by atoms with Crippen LogP contribution in [0.25, 0.3) is 0 Å². The van der Waals surface area contributed by atoms with Gasteiger partial charge in [0.05, 0.1) is 12.2 Å². The molecule has 0 spiro atoms. The van der Waals surface area contributed by atoms with Gasteiger partial charge in [0.15, 0.2) is 5.16 Å². The van der Waals surface area contributed by atoms with Gasteiger partial charge in [-0.25, -0.2) is 0 Å². The molecule has 1 N–H and O–H groups in total. The lowest BCUT2D eigenvalue weighted by Crippen LogP contribution is -2.33. The zero-order valence-electron chi connectivity index (χ0n) is 15.2. The molecule has 1 aromatic carbocycles. The minimum Gasteiger partial charge on any atom is -0.494 e. The predicted molar refractivity (Wildman–Crippen MR) is 103 cm³/mol. The van der Waals surface area contributed by atoms with Crippen molar-refractivity contribution in [2.75, 3.05) is 18.2 Å². The minimum atomic E-state index is -0.300. The van der Waals surface area contributed by atoms with E-state index in [0.29, 0.717) is 23.1 Å². The molecule has 1 atom stereocenters. The van der Waals surface area contributed by atoms with Gasteiger partial charge in [-0.05, 0) is 30.4 Å². The van der Waals surface area contributed by atoms with Crippen molar-refractivity contribution < 1.29 is 9.53 Å². The van der Waals surface area contributed by atoms with Crippen LogP contribution in [0.4, 0.5) is 5.82 Å². The number of anilines is 1. The molecular weight excluding hydrogens is 350 g/mol. The normalized spacial score (nSPS) is 16.1. The van der Waals surface area contributed by atoms with Crippen molar-refractivity contribution in [3.8, 4) is 5.75 Å². The molecule has 26 heavy (non-hydrogen) atoms. The van der Waals surface area contributed by atoms with Gasteiger partial charge < -0.3 is 14.6 Å². The van der Waals surface area contributed by atoms with Crippen LogP contribution in [-0.4, -0.2) is 28.3 Å². The maximum absolute atomic E-state index is 12.6. The quantitative estimate of drug-likeness (QED) is 0.478. The number of carbonyl (C=O) groups excluding carboxylic acids is 1. The highest BCUT2D eigenvalue weighted by Crippen LogP contribution is 2.36. The van der Waals surface area contributed by atoms with Crippen LogP contribution >= 0.6 is 11.8 Å². The second-order valence-electron chi connectivity index (χ2n) is 6.30. The van der Waals surface area contributed by atoms with E-state index >= 15 is 0 Å². The number of nitrogens with one attached hydrogen (secondary N) is 1. The summed E-state index contributed by atoms with van der Waals surface area (Å²) in [5, 5.41) is 3.41. The summed E-state index contributed by atoms with van der Waals surface area (Å²) in [6, 6.07) is 7.64. The molecule has 0 saturated heterocycles. The van der Waals surface area contributed by atoms with E-state index in [1.807, 2.05) is 37.6 Å². The SMILES string of the molecule is CCCCOc1ccc([C@@H]2CC(=O)Nc3c2c(=O)nc(SC)n3C)cc1. The molecule has 6 nitrogen and oxygen atoms in total. The summed E-state index contributed by atoms with van der Waals surface area (Å²) in [7, 11) is 1.81. The molecular formula is C19H23N3O3S. The molecule has 2 heterocycles. The third-order valence-corrected chi connectivity index (χ3v) is 5.26. The summed E-state index contributed by atoms with van der Waals surface area (Å²) in [5.74, 6) is 0.940. The lowest BCUT2D eigenvalue weighted by Gasteiger charge is -2.27. The molecule has 0 unspecified atom stereocenters. The first-order valence-electron chi connectivity index (χ1n) is 8.72. The number of nitrogens with zero attached hydrogens (tertiary/aromatic N) is 2. The van der Waals surface area contributed by atoms with Crippen LogP contribution in [0.5, 0.6) is 5.75 Å². The number of benzene rings is 1.